The molecule has 0 saturated carbocycles. The highest BCUT2D eigenvalue weighted by atomic mass is 32.2. The summed E-state index contributed by atoms with van der Waals surface area (Å²) in [7, 11) is -1.13. The molecule has 6 unspecified atom stereocenters. The number of fused-ring (bicyclic) bond motifs is 1. The Morgan fingerprint density at radius 3 is 2.35 bits per heavy atom. The smallest absolute Gasteiger partial charge is 0.335 e. The molecule has 0 bridgehead atoms. The first-order valence-electron chi connectivity index (χ1n) is 11.3. The second-order valence-electron chi connectivity index (χ2n) is 8.78. The van der Waals surface area contributed by atoms with Crippen LogP contribution in [0.1, 0.15) is 30.0 Å². The fourth-order valence-corrected chi connectivity index (χ4v) is 4.89. The van der Waals surface area contributed by atoms with Crippen LogP contribution in [0.3, 0.4) is 0 Å². The summed E-state index contributed by atoms with van der Waals surface area (Å²) in [6.45, 7) is 1.76. The summed E-state index contributed by atoms with van der Waals surface area (Å²) in [5.74, 6) is -3.04. The van der Waals surface area contributed by atoms with Gasteiger partial charge in [-0.05, 0) is 70.7 Å². The van der Waals surface area contributed by atoms with Gasteiger partial charge >= 0.3 is 11.9 Å². The van der Waals surface area contributed by atoms with E-state index in [4.69, 9.17) is 9.47 Å². The van der Waals surface area contributed by atoms with E-state index in [1.54, 1.807) is 43.5 Å². The van der Waals surface area contributed by atoms with Gasteiger partial charge in [-0.15, -0.1) is 0 Å². The van der Waals surface area contributed by atoms with E-state index in [-0.39, 0.29) is 6.42 Å². The average molecular weight is 533 g/mol. The van der Waals surface area contributed by atoms with Gasteiger partial charge in [0.05, 0.1) is 6.42 Å². The molecule has 6 atom stereocenters. The van der Waals surface area contributed by atoms with Crippen LogP contribution < -0.4 is 0 Å². The minimum Gasteiger partial charge on any atom is -0.479 e. The van der Waals surface area contributed by atoms with E-state index in [2.05, 4.69) is 0 Å². The average Bonchev–Trinajstić information content (AvgIpc) is 3.09. The van der Waals surface area contributed by atoms with E-state index in [1.807, 2.05) is 6.08 Å². The molecule has 1 aliphatic heterocycles. The standard InChI is InChI=1S/C26H25FO9S/c1-12-17(9-13-3-6-15(7-4-13)37(2)34)16-8-5-14(27)10-19(16)18(12)11-20(28)35-26-23(31)21(29)22(30)24(36-26)25(32)33/h3-10,21-24,26,29-31H,11H2,1-2H3,(H,32,33). The van der Waals surface area contributed by atoms with Gasteiger partial charge in [-0.1, -0.05) is 18.2 Å². The van der Waals surface area contributed by atoms with Gasteiger partial charge in [0.1, 0.15) is 24.1 Å². The normalized spacial score (nSPS) is 27.2. The van der Waals surface area contributed by atoms with Gasteiger partial charge in [-0.3, -0.25) is 9.00 Å². The van der Waals surface area contributed by atoms with Crippen LogP contribution in [-0.4, -0.2) is 73.5 Å². The number of hydrogen-bond acceptors (Lipinski definition) is 8. The van der Waals surface area contributed by atoms with Crippen molar-refractivity contribution in [2.45, 2.75) is 48.9 Å². The Morgan fingerprint density at radius 2 is 1.73 bits per heavy atom. The highest BCUT2D eigenvalue weighted by Crippen LogP contribution is 2.44. The van der Waals surface area contributed by atoms with Crippen molar-refractivity contribution >= 4 is 40.0 Å². The monoisotopic (exact) mass is 532 g/mol. The molecule has 37 heavy (non-hydrogen) atoms. The number of hydrogen-bond donors (Lipinski definition) is 4. The number of aliphatic carboxylic acids is 1. The van der Waals surface area contributed by atoms with Gasteiger partial charge in [0.15, 0.2) is 6.10 Å². The summed E-state index contributed by atoms with van der Waals surface area (Å²) >= 11 is 0. The molecule has 1 saturated heterocycles. The van der Waals surface area contributed by atoms with Crippen molar-refractivity contribution in [2.75, 3.05) is 6.26 Å². The minimum atomic E-state index is -1.92. The number of benzene rings is 2. The summed E-state index contributed by atoms with van der Waals surface area (Å²) in [6.07, 6.45) is -6.39. The summed E-state index contributed by atoms with van der Waals surface area (Å²) < 4.78 is 36.0. The molecular formula is C26H25FO9S. The van der Waals surface area contributed by atoms with Gasteiger partial charge < -0.3 is 29.9 Å². The third kappa shape index (κ3) is 5.41. The molecule has 1 heterocycles. The molecule has 1 aliphatic carbocycles. The van der Waals surface area contributed by atoms with Crippen molar-refractivity contribution in [1.82, 2.24) is 0 Å². The maximum absolute atomic E-state index is 14.1. The van der Waals surface area contributed by atoms with Gasteiger partial charge in [0.2, 0.25) is 6.29 Å². The fourth-order valence-electron chi connectivity index (χ4n) is 4.37. The molecule has 2 aliphatic rings. The molecule has 196 valence electrons. The first-order valence-corrected chi connectivity index (χ1v) is 12.8. The molecule has 11 heteroatoms. The van der Waals surface area contributed by atoms with Crippen LogP contribution in [0.5, 0.6) is 0 Å². The van der Waals surface area contributed by atoms with Gasteiger partial charge in [0.25, 0.3) is 0 Å². The number of aliphatic hydroxyl groups excluding tert-OH is 3. The topological polar surface area (TPSA) is 151 Å². The molecule has 4 N–H and O–H groups in total. The van der Waals surface area contributed by atoms with E-state index < -0.39 is 59.3 Å². The Bertz CT molecular complexity index is 1320. The van der Waals surface area contributed by atoms with E-state index in [0.717, 1.165) is 11.1 Å². The molecule has 4 rings (SSSR count). The second-order valence-corrected chi connectivity index (χ2v) is 10.2. The Labute approximate surface area is 213 Å². The maximum Gasteiger partial charge on any atom is 0.335 e. The predicted molar refractivity (Wildman–Crippen MR) is 131 cm³/mol. The third-order valence-electron chi connectivity index (χ3n) is 6.36. The van der Waals surface area contributed by atoms with Crippen molar-refractivity contribution in [2.24, 2.45) is 0 Å². The van der Waals surface area contributed by atoms with Crippen LogP contribution >= 0.6 is 0 Å². The second kappa shape index (κ2) is 10.6. The van der Waals surface area contributed by atoms with Gasteiger partial charge in [0, 0.05) is 22.0 Å². The van der Waals surface area contributed by atoms with Crippen molar-refractivity contribution in [3.8, 4) is 0 Å². The largest absolute Gasteiger partial charge is 0.479 e. The number of ether oxygens (including phenoxy) is 2. The Balaban J connectivity index is 1.61. The Hall–Kier alpha value is -3.22. The van der Waals surface area contributed by atoms with E-state index in [0.29, 0.717) is 27.2 Å². The minimum absolute atomic E-state index is 0.365. The van der Waals surface area contributed by atoms with Crippen molar-refractivity contribution < 1.29 is 48.1 Å². The van der Waals surface area contributed by atoms with E-state index in [1.165, 1.54) is 12.1 Å². The van der Waals surface area contributed by atoms with E-state index in [9.17, 15) is 38.6 Å². The summed E-state index contributed by atoms with van der Waals surface area (Å²) in [4.78, 5) is 24.8. The first kappa shape index (κ1) is 26.8. The molecule has 9 nitrogen and oxygen atoms in total. The van der Waals surface area contributed by atoms with Crippen LogP contribution in [0.2, 0.25) is 0 Å². The van der Waals surface area contributed by atoms with Crippen molar-refractivity contribution in [3.05, 3.63) is 70.5 Å². The molecule has 0 spiro atoms. The number of halogens is 1. The number of aliphatic hydroxyl groups is 3. The zero-order chi connectivity index (χ0) is 27.0. The van der Waals surface area contributed by atoms with E-state index >= 15 is 0 Å². The van der Waals surface area contributed by atoms with Crippen LogP contribution in [0.15, 0.2) is 52.9 Å². The number of allylic oxidation sites excluding steroid dienone is 2. The third-order valence-corrected chi connectivity index (χ3v) is 7.29. The molecule has 0 aromatic heterocycles. The summed E-state index contributed by atoms with van der Waals surface area (Å²) in [5.41, 5.74) is 3.82. The number of carbonyl (C=O) groups excluding carboxylic acids is 1. The summed E-state index contributed by atoms with van der Waals surface area (Å²) in [5, 5.41) is 39.1. The predicted octanol–water partition coefficient (Wildman–Crippen LogP) is 1.72. The van der Waals surface area contributed by atoms with Crippen molar-refractivity contribution in [1.29, 1.82) is 0 Å². The molecular weight excluding hydrogens is 507 g/mol. The lowest BCUT2D eigenvalue weighted by molar-refractivity contribution is -0.286. The molecule has 2 aromatic rings. The number of esters is 1. The van der Waals surface area contributed by atoms with Crippen LogP contribution in [0.25, 0.3) is 17.2 Å². The number of carboxylic acid groups (broad SMARTS) is 1. The maximum atomic E-state index is 14.1. The number of carbonyl (C=O) groups is 2. The quantitative estimate of drug-likeness (QED) is 0.408. The molecule has 2 aromatic carbocycles. The highest BCUT2D eigenvalue weighted by Gasteiger charge is 2.48. The molecule has 0 amide bonds. The van der Waals surface area contributed by atoms with Crippen LogP contribution in [-0.2, 0) is 29.9 Å². The molecule has 0 radical (unpaired) electrons. The van der Waals surface area contributed by atoms with Crippen LogP contribution in [0, 0.1) is 5.82 Å². The lowest BCUT2D eigenvalue weighted by atomic mass is 9.99. The Morgan fingerprint density at radius 1 is 1.05 bits per heavy atom. The van der Waals surface area contributed by atoms with Crippen molar-refractivity contribution in [3.63, 3.8) is 0 Å². The summed E-state index contributed by atoms with van der Waals surface area (Å²) in [6, 6.07) is 11.3. The zero-order valence-electron chi connectivity index (χ0n) is 19.8. The Kier molecular flexibility index (Phi) is 7.72. The van der Waals surface area contributed by atoms with Crippen LogP contribution in [0.4, 0.5) is 4.39 Å². The number of carboxylic acids is 1. The first-order chi connectivity index (χ1) is 17.5. The van der Waals surface area contributed by atoms with Gasteiger partial charge in [-0.2, -0.15) is 0 Å². The SMILES string of the molecule is CC1=C(CC(=O)OC2OC(C(=O)O)C(O)C(O)C2O)c2cc(F)ccc2C1=Cc1ccc(S(C)=O)cc1. The lowest BCUT2D eigenvalue weighted by Crippen LogP contribution is -2.60. The zero-order valence-corrected chi connectivity index (χ0v) is 20.6. The fraction of sp³-hybridized carbons (Fsp3) is 0.308. The lowest BCUT2D eigenvalue weighted by Gasteiger charge is -2.38. The highest BCUT2D eigenvalue weighted by molar-refractivity contribution is 7.84. The molecule has 1 fully saturated rings. The number of rotatable bonds is 6. The van der Waals surface area contributed by atoms with Gasteiger partial charge in [-0.25, -0.2) is 9.18 Å².